The van der Waals surface area contributed by atoms with Gasteiger partial charge in [-0.2, -0.15) is 4.72 Å². The van der Waals surface area contributed by atoms with Crippen LogP contribution in [0.25, 0.3) is 0 Å². The van der Waals surface area contributed by atoms with Crippen molar-refractivity contribution < 1.29 is 13.6 Å². The van der Waals surface area contributed by atoms with Crippen LogP contribution in [0.4, 0.5) is 0 Å². The van der Waals surface area contributed by atoms with Crippen LogP contribution in [-0.4, -0.2) is 50.0 Å². The fourth-order valence-electron chi connectivity index (χ4n) is 2.28. The zero-order valence-electron chi connectivity index (χ0n) is 11.4. The first-order chi connectivity index (χ1) is 9.81. The molecular formula is C11H17BrN4O3S2. The molecule has 0 spiro atoms. The third kappa shape index (κ3) is 3.39. The van der Waals surface area contributed by atoms with Gasteiger partial charge in [-0.15, -0.1) is 11.3 Å². The number of piperidine rings is 1. The van der Waals surface area contributed by atoms with E-state index in [2.05, 4.69) is 30.7 Å². The number of hydrogen-bond acceptors (Lipinski definition) is 6. The molecular weight excluding hydrogens is 380 g/mol. The van der Waals surface area contributed by atoms with Crippen molar-refractivity contribution in [1.82, 2.24) is 9.62 Å². The van der Waals surface area contributed by atoms with Gasteiger partial charge in [-0.3, -0.25) is 0 Å². The number of nitrogens with two attached hydrogens (primary N) is 1. The van der Waals surface area contributed by atoms with Gasteiger partial charge in [0.1, 0.15) is 4.21 Å². The maximum Gasteiger partial charge on any atom is 0.252 e. The molecule has 0 unspecified atom stereocenters. The Bertz CT molecular complexity index is 636. The predicted molar refractivity (Wildman–Crippen MR) is 85.2 cm³/mol. The average Bonchev–Trinajstić information content (AvgIpc) is 2.87. The molecule has 2 heterocycles. The lowest BCUT2D eigenvalue weighted by molar-refractivity contribution is 0.213. The molecule has 4 N–H and O–H groups in total. The van der Waals surface area contributed by atoms with Gasteiger partial charge in [-0.25, -0.2) is 8.42 Å². The van der Waals surface area contributed by atoms with E-state index < -0.39 is 15.6 Å². The lowest BCUT2D eigenvalue weighted by Gasteiger charge is -2.39. The zero-order chi connectivity index (χ0) is 15.7. The second-order valence-electron chi connectivity index (χ2n) is 5.03. The van der Waals surface area contributed by atoms with E-state index in [1.807, 2.05) is 7.05 Å². The number of rotatable bonds is 4. The van der Waals surface area contributed by atoms with Gasteiger partial charge < -0.3 is 15.8 Å². The van der Waals surface area contributed by atoms with Gasteiger partial charge in [0.05, 0.1) is 5.54 Å². The second-order valence-corrected chi connectivity index (χ2v) is 8.68. The number of nitrogens with one attached hydrogen (secondary N) is 1. The minimum Gasteiger partial charge on any atom is -0.409 e. The summed E-state index contributed by atoms with van der Waals surface area (Å²) in [4.78, 5) is 2.07. The Kier molecular flexibility index (Phi) is 4.93. The van der Waals surface area contributed by atoms with Crippen LogP contribution in [-0.2, 0) is 10.0 Å². The van der Waals surface area contributed by atoms with E-state index >= 15 is 0 Å². The summed E-state index contributed by atoms with van der Waals surface area (Å²) in [5, 5.41) is 13.7. The fraction of sp³-hybridized carbons (Fsp3) is 0.545. The Morgan fingerprint density at radius 2 is 2.19 bits per heavy atom. The Balaban J connectivity index is 2.34. The van der Waals surface area contributed by atoms with Gasteiger partial charge in [-0.1, -0.05) is 5.16 Å². The highest BCUT2D eigenvalue weighted by molar-refractivity contribution is 9.10. The predicted octanol–water partition coefficient (Wildman–Crippen LogP) is 1.000. The minimum atomic E-state index is -3.75. The van der Waals surface area contributed by atoms with E-state index in [-0.39, 0.29) is 10.0 Å². The molecule has 0 aromatic carbocycles. The highest BCUT2D eigenvalue weighted by Crippen LogP contribution is 2.31. The molecule has 1 aromatic heterocycles. The molecule has 118 valence electrons. The molecule has 0 amide bonds. The minimum absolute atomic E-state index is 0.105. The Morgan fingerprint density at radius 3 is 2.67 bits per heavy atom. The summed E-state index contributed by atoms with van der Waals surface area (Å²) in [5.41, 5.74) is 4.72. The van der Waals surface area contributed by atoms with Crippen molar-refractivity contribution in [3.05, 3.63) is 15.9 Å². The largest absolute Gasteiger partial charge is 0.409 e. The van der Waals surface area contributed by atoms with Gasteiger partial charge in [0.2, 0.25) is 0 Å². The summed E-state index contributed by atoms with van der Waals surface area (Å²) in [7, 11) is -1.80. The summed E-state index contributed by atoms with van der Waals surface area (Å²) in [6, 6.07) is 1.67. The molecule has 1 aliphatic heterocycles. The van der Waals surface area contributed by atoms with Crippen molar-refractivity contribution in [1.29, 1.82) is 0 Å². The van der Waals surface area contributed by atoms with E-state index in [9.17, 15) is 8.42 Å². The van der Waals surface area contributed by atoms with Crippen molar-refractivity contribution in [2.24, 2.45) is 10.9 Å². The van der Waals surface area contributed by atoms with Crippen molar-refractivity contribution in [3.8, 4) is 0 Å². The highest BCUT2D eigenvalue weighted by Gasteiger charge is 2.42. The first-order valence-electron chi connectivity index (χ1n) is 6.24. The van der Waals surface area contributed by atoms with Crippen molar-refractivity contribution in [2.75, 3.05) is 20.1 Å². The number of halogens is 1. The number of likely N-dealkylation sites (tertiary alicyclic amines) is 1. The maximum atomic E-state index is 12.6. The van der Waals surface area contributed by atoms with Crippen LogP contribution in [0.2, 0.25) is 0 Å². The molecule has 0 saturated carbocycles. The summed E-state index contributed by atoms with van der Waals surface area (Å²) in [6.45, 7) is 1.31. The van der Waals surface area contributed by atoms with Gasteiger partial charge in [0.15, 0.2) is 5.84 Å². The van der Waals surface area contributed by atoms with Gasteiger partial charge in [0.25, 0.3) is 10.0 Å². The number of thiophene rings is 1. The lowest BCUT2D eigenvalue weighted by atomic mass is 9.88. The van der Waals surface area contributed by atoms with E-state index in [0.717, 1.165) is 11.3 Å². The standard InChI is InChI=1S/C11H17BrN4O3S2/c1-16-5-3-11(4-6-16,10(13)14-17)15-21(18,19)9-8(12)2-7-20-9/h2,7,15,17H,3-6H2,1H3,(H2,13,14). The fourth-order valence-corrected chi connectivity index (χ4v) is 6.06. The van der Waals surface area contributed by atoms with Crippen LogP contribution < -0.4 is 10.5 Å². The van der Waals surface area contributed by atoms with Crippen LogP contribution in [0, 0.1) is 0 Å². The third-order valence-electron chi connectivity index (χ3n) is 3.60. The monoisotopic (exact) mass is 396 g/mol. The summed E-state index contributed by atoms with van der Waals surface area (Å²) in [6.07, 6.45) is 0.892. The summed E-state index contributed by atoms with van der Waals surface area (Å²) in [5.74, 6) is -0.105. The zero-order valence-corrected chi connectivity index (χ0v) is 14.6. The lowest BCUT2D eigenvalue weighted by Crippen LogP contribution is -2.61. The SMILES string of the molecule is CN1CCC(NS(=O)(=O)c2sccc2Br)(C(N)=NO)CC1. The number of amidine groups is 1. The van der Waals surface area contributed by atoms with Crippen molar-refractivity contribution >= 4 is 43.1 Å². The number of nitrogens with zero attached hydrogens (tertiary/aromatic N) is 2. The second kappa shape index (κ2) is 6.21. The Morgan fingerprint density at radius 1 is 1.57 bits per heavy atom. The molecule has 1 fully saturated rings. The Hall–Kier alpha value is -0.680. The van der Waals surface area contributed by atoms with Crippen LogP contribution in [0.3, 0.4) is 0 Å². The number of sulfonamides is 1. The third-order valence-corrected chi connectivity index (χ3v) is 7.80. The first kappa shape index (κ1) is 16.7. The van der Waals surface area contributed by atoms with Crippen LogP contribution in [0.1, 0.15) is 12.8 Å². The number of hydrogen-bond donors (Lipinski definition) is 3. The molecule has 0 bridgehead atoms. The number of oxime groups is 1. The van der Waals surface area contributed by atoms with Crippen molar-refractivity contribution in [3.63, 3.8) is 0 Å². The van der Waals surface area contributed by atoms with Crippen molar-refractivity contribution in [2.45, 2.75) is 22.6 Å². The van der Waals surface area contributed by atoms with Crippen LogP contribution in [0.15, 0.2) is 25.3 Å². The van der Waals surface area contributed by atoms with Crippen LogP contribution >= 0.6 is 27.3 Å². The van der Waals surface area contributed by atoms with Crippen LogP contribution in [0.5, 0.6) is 0 Å². The molecule has 2 rings (SSSR count). The van der Waals surface area contributed by atoms with E-state index in [1.54, 1.807) is 11.4 Å². The van der Waals surface area contributed by atoms with E-state index in [0.29, 0.717) is 30.4 Å². The highest BCUT2D eigenvalue weighted by atomic mass is 79.9. The normalized spacial score (nSPS) is 20.6. The smallest absolute Gasteiger partial charge is 0.252 e. The maximum absolute atomic E-state index is 12.6. The molecule has 10 heteroatoms. The molecule has 0 atom stereocenters. The van der Waals surface area contributed by atoms with Gasteiger partial charge in [0, 0.05) is 17.6 Å². The topological polar surface area (TPSA) is 108 Å². The van der Waals surface area contributed by atoms with E-state index in [4.69, 9.17) is 10.9 Å². The summed E-state index contributed by atoms with van der Waals surface area (Å²) >= 11 is 4.33. The Labute approximate surface area is 136 Å². The molecule has 0 radical (unpaired) electrons. The average molecular weight is 397 g/mol. The molecule has 1 aliphatic rings. The molecule has 1 saturated heterocycles. The molecule has 21 heavy (non-hydrogen) atoms. The van der Waals surface area contributed by atoms with Gasteiger partial charge >= 0.3 is 0 Å². The molecule has 1 aromatic rings. The summed E-state index contributed by atoms with van der Waals surface area (Å²) < 4.78 is 28.4. The van der Waals surface area contributed by atoms with Gasteiger partial charge in [-0.05, 0) is 47.3 Å². The molecule has 7 nitrogen and oxygen atoms in total. The van der Waals surface area contributed by atoms with E-state index in [1.165, 1.54) is 0 Å². The quantitative estimate of drug-likeness (QED) is 0.304. The molecule has 0 aliphatic carbocycles. The first-order valence-corrected chi connectivity index (χ1v) is 9.40.